The summed E-state index contributed by atoms with van der Waals surface area (Å²) in [4.78, 5) is 0. The van der Waals surface area contributed by atoms with Gasteiger partial charge in [-0.05, 0) is 25.5 Å². The lowest BCUT2D eigenvalue weighted by Gasteiger charge is -2.15. The van der Waals surface area contributed by atoms with E-state index in [-0.39, 0.29) is 11.9 Å². The fourth-order valence-electron chi connectivity index (χ4n) is 1.48. The second-order valence-electron chi connectivity index (χ2n) is 3.86. The zero-order chi connectivity index (χ0) is 12.7. The van der Waals surface area contributed by atoms with Gasteiger partial charge in [-0.2, -0.15) is 0 Å². The zero-order valence-corrected chi connectivity index (χ0v) is 10.4. The highest BCUT2D eigenvalue weighted by molar-refractivity contribution is 5.27. The van der Waals surface area contributed by atoms with Gasteiger partial charge in [0.1, 0.15) is 11.6 Å². The van der Waals surface area contributed by atoms with Crippen molar-refractivity contribution in [3.8, 4) is 5.75 Å². The average molecular weight is 241 g/mol. The predicted octanol–water partition coefficient (Wildman–Crippen LogP) is 2.27. The molecule has 0 aliphatic rings. The van der Waals surface area contributed by atoms with E-state index < -0.39 is 0 Å². The summed E-state index contributed by atoms with van der Waals surface area (Å²) in [5.74, 6) is 0.294. The minimum absolute atomic E-state index is 0.00953. The molecule has 0 heterocycles. The molecule has 0 saturated carbocycles. The van der Waals surface area contributed by atoms with Gasteiger partial charge in [0, 0.05) is 25.6 Å². The summed E-state index contributed by atoms with van der Waals surface area (Å²) in [6.45, 7) is 5.24. The quantitative estimate of drug-likeness (QED) is 0.796. The Hall–Kier alpha value is -1.13. The Bertz CT molecular complexity index is 344. The van der Waals surface area contributed by atoms with Crippen LogP contribution in [0.2, 0.25) is 0 Å². The van der Waals surface area contributed by atoms with Gasteiger partial charge in [0.05, 0.1) is 12.7 Å². The van der Waals surface area contributed by atoms with Crippen LogP contribution in [0.1, 0.15) is 18.9 Å². The minimum atomic E-state index is -0.248. The molecule has 1 unspecified atom stereocenters. The van der Waals surface area contributed by atoms with Gasteiger partial charge in [0.15, 0.2) is 0 Å². The van der Waals surface area contributed by atoms with Crippen LogP contribution >= 0.6 is 0 Å². The topological polar surface area (TPSA) is 44.5 Å². The molecule has 17 heavy (non-hydrogen) atoms. The van der Waals surface area contributed by atoms with Gasteiger partial charge < -0.3 is 15.2 Å². The Balaban J connectivity index is 2.37. The standard InChI is InChI=1S/C13H20FNO2/c1-3-16-12(9-15)6-7-17-11-5-4-10(2)13(14)8-11/h4-5,8,12H,3,6-7,9,15H2,1-2H3. The summed E-state index contributed by atoms with van der Waals surface area (Å²) in [6.07, 6.45) is 0.718. The molecule has 0 bridgehead atoms. The van der Waals surface area contributed by atoms with E-state index >= 15 is 0 Å². The Labute approximate surface area is 102 Å². The maximum atomic E-state index is 13.2. The second-order valence-corrected chi connectivity index (χ2v) is 3.86. The number of benzene rings is 1. The van der Waals surface area contributed by atoms with E-state index in [9.17, 15) is 4.39 Å². The van der Waals surface area contributed by atoms with E-state index in [0.717, 1.165) is 0 Å². The van der Waals surface area contributed by atoms with E-state index in [1.165, 1.54) is 6.07 Å². The Morgan fingerprint density at radius 2 is 2.18 bits per heavy atom. The van der Waals surface area contributed by atoms with Crippen LogP contribution in [0.25, 0.3) is 0 Å². The number of hydrogen-bond acceptors (Lipinski definition) is 3. The molecule has 0 saturated heterocycles. The second kappa shape index (κ2) is 7.25. The van der Waals surface area contributed by atoms with Crippen molar-refractivity contribution in [2.24, 2.45) is 5.73 Å². The Kier molecular flexibility index (Phi) is 5.94. The molecule has 2 N–H and O–H groups in total. The molecule has 4 heteroatoms. The van der Waals surface area contributed by atoms with Crippen molar-refractivity contribution < 1.29 is 13.9 Å². The lowest BCUT2D eigenvalue weighted by Crippen LogP contribution is -2.25. The average Bonchev–Trinajstić information content (AvgIpc) is 2.32. The molecule has 0 aromatic heterocycles. The number of hydrogen-bond donors (Lipinski definition) is 1. The van der Waals surface area contributed by atoms with Crippen LogP contribution in [0.5, 0.6) is 5.75 Å². The molecular formula is C13H20FNO2. The van der Waals surface area contributed by atoms with Crippen molar-refractivity contribution in [2.75, 3.05) is 19.8 Å². The van der Waals surface area contributed by atoms with Crippen LogP contribution in [0.3, 0.4) is 0 Å². The minimum Gasteiger partial charge on any atom is -0.493 e. The Morgan fingerprint density at radius 3 is 2.76 bits per heavy atom. The third-order valence-corrected chi connectivity index (χ3v) is 2.52. The molecular weight excluding hydrogens is 221 g/mol. The molecule has 1 aromatic rings. The van der Waals surface area contributed by atoms with Crippen LogP contribution in [0.4, 0.5) is 4.39 Å². The maximum Gasteiger partial charge on any atom is 0.129 e. The summed E-state index contributed by atoms with van der Waals surface area (Å²) in [5.41, 5.74) is 6.16. The molecule has 0 aliphatic carbocycles. The van der Waals surface area contributed by atoms with Gasteiger partial charge in [0.2, 0.25) is 0 Å². The van der Waals surface area contributed by atoms with E-state index in [2.05, 4.69) is 0 Å². The first-order valence-electron chi connectivity index (χ1n) is 5.88. The van der Waals surface area contributed by atoms with Gasteiger partial charge in [-0.1, -0.05) is 6.07 Å². The smallest absolute Gasteiger partial charge is 0.129 e. The lowest BCUT2D eigenvalue weighted by molar-refractivity contribution is 0.0526. The first-order valence-corrected chi connectivity index (χ1v) is 5.88. The molecule has 1 atom stereocenters. The van der Waals surface area contributed by atoms with Crippen LogP contribution in [-0.2, 0) is 4.74 Å². The fourth-order valence-corrected chi connectivity index (χ4v) is 1.48. The third-order valence-electron chi connectivity index (χ3n) is 2.52. The lowest BCUT2D eigenvalue weighted by atomic mass is 10.2. The fraction of sp³-hybridized carbons (Fsp3) is 0.538. The van der Waals surface area contributed by atoms with E-state index in [1.54, 1.807) is 19.1 Å². The predicted molar refractivity (Wildman–Crippen MR) is 65.7 cm³/mol. The molecule has 0 amide bonds. The molecule has 1 aromatic carbocycles. The van der Waals surface area contributed by atoms with Crippen molar-refractivity contribution in [1.82, 2.24) is 0 Å². The summed E-state index contributed by atoms with van der Waals surface area (Å²) in [6, 6.07) is 4.86. The van der Waals surface area contributed by atoms with Crippen molar-refractivity contribution in [3.05, 3.63) is 29.6 Å². The van der Waals surface area contributed by atoms with Crippen LogP contribution in [0, 0.1) is 12.7 Å². The van der Waals surface area contributed by atoms with Crippen LogP contribution < -0.4 is 10.5 Å². The third kappa shape index (κ3) is 4.71. The molecule has 0 spiro atoms. The van der Waals surface area contributed by atoms with Crippen molar-refractivity contribution >= 4 is 0 Å². The number of ether oxygens (including phenoxy) is 2. The number of rotatable bonds is 7. The summed E-state index contributed by atoms with van der Waals surface area (Å²) < 4.78 is 24.1. The number of halogens is 1. The van der Waals surface area contributed by atoms with Crippen molar-refractivity contribution in [3.63, 3.8) is 0 Å². The van der Waals surface area contributed by atoms with Crippen molar-refractivity contribution in [2.45, 2.75) is 26.4 Å². The van der Waals surface area contributed by atoms with E-state index in [1.807, 2.05) is 6.92 Å². The number of aryl methyl sites for hydroxylation is 1. The molecule has 0 radical (unpaired) electrons. The SMILES string of the molecule is CCOC(CN)CCOc1ccc(C)c(F)c1. The summed E-state index contributed by atoms with van der Waals surface area (Å²) in [5, 5.41) is 0. The normalized spacial score (nSPS) is 12.5. The van der Waals surface area contributed by atoms with Crippen LogP contribution in [-0.4, -0.2) is 25.9 Å². The van der Waals surface area contributed by atoms with Gasteiger partial charge >= 0.3 is 0 Å². The first-order chi connectivity index (χ1) is 8.17. The molecule has 3 nitrogen and oxygen atoms in total. The molecule has 0 fully saturated rings. The zero-order valence-electron chi connectivity index (χ0n) is 10.4. The van der Waals surface area contributed by atoms with Gasteiger partial charge in [-0.15, -0.1) is 0 Å². The van der Waals surface area contributed by atoms with Gasteiger partial charge in [-0.3, -0.25) is 0 Å². The summed E-state index contributed by atoms with van der Waals surface area (Å²) in [7, 11) is 0. The van der Waals surface area contributed by atoms with Crippen molar-refractivity contribution in [1.29, 1.82) is 0 Å². The van der Waals surface area contributed by atoms with Crippen LogP contribution in [0.15, 0.2) is 18.2 Å². The highest BCUT2D eigenvalue weighted by Gasteiger charge is 2.06. The highest BCUT2D eigenvalue weighted by atomic mass is 19.1. The molecule has 0 aliphatic heterocycles. The van der Waals surface area contributed by atoms with E-state index in [4.69, 9.17) is 15.2 Å². The number of nitrogens with two attached hydrogens (primary N) is 1. The largest absolute Gasteiger partial charge is 0.493 e. The maximum absolute atomic E-state index is 13.2. The first kappa shape index (κ1) is 13.9. The van der Waals surface area contributed by atoms with Gasteiger partial charge in [-0.25, -0.2) is 4.39 Å². The van der Waals surface area contributed by atoms with Gasteiger partial charge in [0.25, 0.3) is 0 Å². The monoisotopic (exact) mass is 241 g/mol. The highest BCUT2D eigenvalue weighted by Crippen LogP contribution is 2.16. The van der Waals surface area contributed by atoms with E-state index in [0.29, 0.717) is 37.5 Å². The molecule has 96 valence electrons. The Morgan fingerprint density at radius 1 is 1.41 bits per heavy atom. The summed E-state index contributed by atoms with van der Waals surface area (Å²) >= 11 is 0. The molecule has 1 rings (SSSR count).